The molecule has 0 saturated carbocycles. The molecular weight excluding hydrogens is 240 g/mol. The Hall–Kier alpha value is -1.95. The van der Waals surface area contributed by atoms with Gasteiger partial charge in [-0.2, -0.15) is 5.10 Å². The summed E-state index contributed by atoms with van der Waals surface area (Å²) in [4.78, 5) is 3.96. The number of aryl methyl sites for hydroxylation is 1. The number of rotatable bonds is 1. The van der Waals surface area contributed by atoms with Crippen LogP contribution < -0.4 is 0 Å². The maximum absolute atomic E-state index is 5.95. The molecule has 0 aromatic carbocycles. The molecule has 0 amide bonds. The molecule has 17 heavy (non-hydrogen) atoms. The normalized spacial score (nSPS) is 11.2. The molecule has 86 valence electrons. The number of hydrogen-bond acceptors (Lipinski definition) is 4. The predicted molar refractivity (Wildman–Crippen MR) is 62.7 cm³/mol. The maximum Gasteiger partial charge on any atom is 0.198 e. The number of aromatic nitrogens is 6. The molecule has 0 atom stereocenters. The highest BCUT2D eigenvalue weighted by atomic mass is 35.5. The Labute approximate surface area is 102 Å². The minimum Gasteiger partial charge on any atom is -0.278 e. The molecule has 0 aliphatic carbocycles. The lowest BCUT2D eigenvalue weighted by molar-refractivity contribution is 0.740. The van der Waals surface area contributed by atoms with Crippen LogP contribution in [0.2, 0.25) is 5.15 Å². The highest BCUT2D eigenvalue weighted by Crippen LogP contribution is 2.23. The molecule has 0 unspecified atom stereocenters. The fourth-order valence-electron chi connectivity index (χ4n) is 1.70. The zero-order valence-electron chi connectivity index (χ0n) is 9.29. The second-order valence-corrected chi connectivity index (χ2v) is 4.06. The van der Waals surface area contributed by atoms with E-state index in [0.717, 1.165) is 17.1 Å². The van der Waals surface area contributed by atoms with Crippen molar-refractivity contribution in [3.63, 3.8) is 0 Å². The van der Waals surface area contributed by atoms with Gasteiger partial charge in [0, 0.05) is 25.1 Å². The van der Waals surface area contributed by atoms with E-state index in [0.29, 0.717) is 10.8 Å². The zero-order valence-corrected chi connectivity index (χ0v) is 10.0. The van der Waals surface area contributed by atoms with Crippen molar-refractivity contribution in [2.45, 2.75) is 6.92 Å². The highest BCUT2D eigenvalue weighted by Gasteiger charge is 2.14. The molecule has 0 fully saturated rings. The number of halogens is 1. The maximum atomic E-state index is 5.95. The van der Waals surface area contributed by atoms with Gasteiger partial charge in [-0.15, -0.1) is 10.2 Å². The molecular formula is C10H9ClN6. The van der Waals surface area contributed by atoms with E-state index in [1.807, 2.05) is 14.0 Å². The third-order valence-electron chi connectivity index (χ3n) is 2.76. The van der Waals surface area contributed by atoms with Crippen LogP contribution in [0.1, 0.15) is 5.69 Å². The summed E-state index contributed by atoms with van der Waals surface area (Å²) in [6.07, 6.45) is 5.16. The van der Waals surface area contributed by atoms with Gasteiger partial charge in [0.2, 0.25) is 0 Å². The molecule has 0 aliphatic rings. The number of nitrogens with zero attached hydrogens (tertiary/aromatic N) is 6. The molecule has 7 heteroatoms. The monoisotopic (exact) mass is 248 g/mol. The Morgan fingerprint density at radius 3 is 2.82 bits per heavy atom. The first kappa shape index (κ1) is 10.2. The summed E-state index contributed by atoms with van der Waals surface area (Å²) in [6.45, 7) is 1.98. The predicted octanol–water partition coefficient (Wildman–Crippen LogP) is 1.49. The molecule has 0 bridgehead atoms. The van der Waals surface area contributed by atoms with Gasteiger partial charge in [0.1, 0.15) is 0 Å². The summed E-state index contributed by atoms with van der Waals surface area (Å²) in [5.41, 5.74) is 2.50. The van der Waals surface area contributed by atoms with Crippen molar-refractivity contribution in [2.75, 3.05) is 0 Å². The zero-order chi connectivity index (χ0) is 12.0. The standard InChI is InChI=1S/C10H9ClN6/c1-6-7(5-13-16(6)2)9-14-15-10-8(11)12-3-4-17(9)10/h3-5H,1-2H3. The van der Waals surface area contributed by atoms with Crippen LogP contribution in [0.5, 0.6) is 0 Å². The molecule has 0 N–H and O–H groups in total. The third-order valence-corrected chi connectivity index (χ3v) is 3.03. The fourth-order valence-corrected chi connectivity index (χ4v) is 1.88. The Balaban J connectivity index is 2.32. The molecule has 0 saturated heterocycles. The van der Waals surface area contributed by atoms with Crippen LogP contribution in [0.15, 0.2) is 18.6 Å². The van der Waals surface area contributed by atoms with Crippen LogP contribution in [0.3, 0.4) is 0 Å². The van der Waals surface area contributed by atoms with Crippen LogP contribution in [-0.4, -0.2) is 29.4 Å². The molecule has 0 radical (unpaired) electrons. The van der Waals surface area contributed by atoms with Gasteiger partial charge < -0.3 is 0 Å². The van der Waals surface area contributed by atoms with Crippen molar-refractivity contribution < 1.29 is 0 Å². The van der Waals surface area contributed by atoms with Crippen LogP contribution in [-0.2, 0) is 7.05 Å². The van der Waals surface area contributed by atoms with Crippen molar-refractivity contribution in [2.24, 2.45) is 7.05 Å². The number of fused-ring (bicyclic) bond motifs is 1. The Morgan fingerprint density at radius 2 is 2.12 bits per heavy atom. The average molecular weight is 249 g/mol. The van der Waals surface area contributed by atoms with Crippen molar-refractivity contribution in [3.8, 4) is 11.4 Å². The van der Waals surface area contributed by atoms with Gasteiger partial charge in [0.15, 0.2) is 16.6 Å². The quantitative estimate of drug-likeness (QED) is 0.655. The van der Waals surface area contributed by atoms with E-state index in [2.05, 4.69) is 20.3 Å². The van der Waals surface area contributed by atoms with Gasteiger partial charge in [-0.05, 0) is 6.92 Å². The SMILES string of the molecule is Cc1c(-c2nnc3c(Cl)nccn23)cnn1C. The highest BCUT2D eigenvalue weighted by molar-refractivity contribution is 6.32. The van der Waals surface area contributed by atoms with Gasteiger partial charge in [0.25, 0.3) is 0 Å². The molecule has 3 aromatic heterocycles. The van der Waals surface area contributed by atoms with E-state index >= 15 is 0 Å². The summed E-state index contributed by atoms with van der Waals surface area (Å²) >= 11 is 5.95. The fraction of sp³-hybridized carbons (Fsp3) is 0.200. The lowest BCUT2D eigenvalue weighted by Crippen LogP contribution is -1.95. The van der Waals surface area contributed by atoms with Gasteiger partial charge in [0.05, 0.1) is 11.8 Å². The summed E-state index contributed by atoms with van der Waals surface area (Å²) in [7, 11) is 1.89. The smallest absolute Gasteiger partial charge is 0.198 e. The van der Waals surface area contributed by atoms with E-state index < -0.39 is 0 Å². The summed E-state index contributed by atoms with van der Waals surface area (Å²) in [5.74, 6) is 0.718. The minimum absolute atomic E-state index is 0.341. The lowest BCUT2D eigenvalue weighted by atomic mass is 10.2. The van der Waals surface area contributed by atoms with Crippen LogP contribution >= 0.6 is 11.6 Å². The van der Waals surface area contributed by atoms with E-state index in [1.54, 1.807) is 27.7 Å². The number of hydrogen-bond donors (Lipinski definition) is 0. The molecule has 6 nitrogen and oxygen atoms in total. The largest absolute Gasteiger partial charge is 0.278 e. The molecule has 0 spiro atoms. The second-order valence-electron chi connectivity index (χ2n) is 3.70. The van der Waals surface area contributed by atoms with E-state index in [1.165, 1.54) is 0 Å². The van der Waals surface area contributed by atoms with Crippen LogP contribution in [0, 0.1) is 6.92 Å². The molecule has 0 aliphatic heterocycles. The van der Waals surface area contributed by atoms with Gasteiger partial charge in [-0.3, -0.25) is 9.08 Å². The van der Waals surface area contributed by atoms with E-state index in [4.69, 9.17) is 11.6 Å². The van der Waals surface area contributed by atoms with E-state index in [-0.39, 0.29) is 0 Å². The first-order valence-corrected chi connectivity index (χ1v) is 5.40. The second kappa shape index (κ2) is 3.53. The first-order chi connectivity index (χ1) is 8.18. The molecule has 3 rings (SSSR count). The van der Waals surface area contributed by atoms with E-state index in [9.17, 15) is 0 Å². The van der Waals surface area contributed by atoms with Gasteiger partial charge >= 0.3 is 0 Å². The van der Waals surface area contributed by atoms with Crippen LogP contribution in [0.4, 0.5) is 0 Å². The van der Waals surface area contributed by atoms with Crippen molar-refractivity contribution in [1.82, 2.24) is 29.4 Å². The lowest BCUT2D eigenvalue weighted by Gasteiger charge is -1.99. The summed E-state index contributed by atoms with van der Waals surface area (Å²) < 4.78 is 3.60. The topological polar surface area (TPSA) is 60.9 Å². The Kier molecular flexibility index (Phi) is 2.12. The van der Waals surface area contributed by atoms with Crippen molar-refractivity contribution in [1.29, 1.82) is 0 Å². The van der Waals surface area contributed by atoms with Crippen molar-refractivity contribution >= 4 is 17.2 Å². The Bertz CT molecular complexity index is 698. The summed E-state index contributed by atoms with van der Waals surface area (Å²) in [6, 6.07) is 0. The summed E-state index contributed by atoms with van der Waals surface area (Å²) in [5, 5.41) is 12.7. The molecule has 3 heterocycles. The van der Waals surface area contributed by atoms with Crippen molar-refractivity contribution in [3.05, 3.63) is 29.4 Å². The molecule has 3 aromatic rings. The van der Waals surface area contributed by atoms with Gasteiger partial charge in [-0.1, -0.05) is 11.6 Å². The third kappa shape index (κ3) is 1.41. The Morgan fingerprint density at radius 1 is 1.29 bits per heavy atom. The first-order valence-electron chi connectivity index (χ1n) is 5.02. The minimum atomic E-state index is 0.341. The van der Waals surface area contributed by atoms with Crippen LogP contribution in [0.25, 0.3) is 17.0 Å². The average Bonchev–Trinajstić information content (AvgIpc) is 2.86. The van der Waals surface area contributed by atoms with Gasteiger partial charge in [-0.25, -0.2) is 4.98 Å².